The van der Waals surface area contributed by atoms with E-state index in [9.17, 15) is 49.8 Å². The van der Waals surface area contributed by atoms with E-state index in [1.54, 1.807) is 0 Å². The third-order valence-electron chi connectivity index (χ3n) is 6.71. The number of thioether (sulfide) groups is 1. The highest BCUT2D eigenvalue weighted by Crippen LogP contribution is 2.35. The summed E-state index contributed by atoms with van der Waals surface area (Å²) < 4.78 is 0. The van der Waals surface area contributed by atoms with Gasteiger partial charge in [-0.1, -0.05) is 27.7 Å². The van der Waals surface area contributed by atoms with E-state index in [2.05, 4.69) is 10.6 Å². The molecule has 2 amide bonds. The van der Waals surface area contributed by atoms with Crippen LogP contribution in [0.25, 0.3) is 0 Å². The van der Waals surface area contributed by atoms with Gasteiger partial charge in [0.2, 0.25) is 11.8 Å². The highest BCUT2D eigenvalue weighted by Gasteiger charge is 2.51. The van der Waals surface area contributed by atoms with Crippen molar-refractivity contribution in [3.8, 4) is 0 Å². The van der Waals surface area contributed by atoms with Crippen molar-refractivity contribution in [3.63, 3.8) is 0 Å². The molecule has 0 aromatic heterocycles. The van der Waals surface area contributed by atoms with Gasteiger partial charge in [0.15, 0.2) is 11.2 Å². The molecule has 0 fully saturated rings. The molecule has 0 saturated heterocycles. The molecule has 4 atom stereocenters. The maximum Gasteiger partial charge on any atom is 0.320 e. The predicted molar refractivity (Wildman–Crippen MR) is 135 cm³/mol. The first-order valence-corrected chi connectivity index (χ1v) is 12.7. The van der Waals surface area contributed by atoms with E-state index >= 15 is 0 Å². The number of carbonyl (C=O) groups is 4. The van der Waals surface area contributed by atoms with Crippen molar-refractivity contribution in [1.82, 2.24) is 10.6 Å². The Morgan fingerprint density at radius 1 is 0.730 bits per heavy atom. The van der Waals surface area contributed by atoms with Crippen LogP contribution in [0, 0.1) is 10.8 Å². The lowest BCUT2D eigenvalue weighted by Gasteiger charge is -2.40. The summed E-state index contributed by atoms with van der Waals surface area (Å²) in [5.74, 6) is -4.19. The van der Waals surface area contributed by atoms with Gasteiger partial charge in [-0.25, -0.2) is 0 Å². The molecule has 12 N–H and O–H groups in total. The van der Waals surface area contributed by atoms with Crippen LogP contribution in [-0.4, -0.2) is 115 Å². The molecule has 0 aromatic rings. The molecule has 0 rings (SSSR count). The first-order valence-electron chi connectivity index (χ1n) is 11.6. The van der Waals surface area contributed by atoms with Gasteiger partial charge in [-0.3, -0.25) is 19.2 Å². The van der Waals surface area contributed by atoms with Gasteiger partial charge in [-0.2, -0.15) is 11.8 Å². The van der Waals surface area contributed by atoms with Crippen molar-refractivity contribution in [2.24, 2.45) is 22.3 Å². The smallest absolute Gasteiger partial charge is 0.320 e. The molecule has 14 nitrogen and oxygen atoms in total. The molecule has 216 valence electrons. The van der Waals surface area contributed by atoms with E-state index in [0.29, 0.717) is 11.5 Å². The van der Waals surface area contributed by atoms with E-state index in [-0.39, 0.29) is 13.1 Å². The average molecular weight is 555 g/mol. The van der Waals surface area contributed by atoms with Crippen LogP contribution in [-0.2, 0) is 19.2 Å². The Labute approximate surface area is 220 Å². The van der Waals surface area contributed by atoms with Crippen LogP contribution in [0.4, 0.5) is 0 Å². The Morgan fingerprint density at radius 2 is 1.03 bits per heavy atom. The van der Waals surface area contributed by atoms with Crippen LogP contribution in [0.15, 0.2) is 0 Å². The molecule has 15 heteroatoms. The van der Waals surface area contributed by atoms with E-state index in [0.717, 1.165) is 0 Å². The summed E-state index contributed by atoms with van der Waals surface area (Å²) >= 11 is 1.33. The van der Waals surface area contributed by atoms with Crippen LogP contribution in [0.2, 0.25) is 0 Å². The Bertz CT molecular complexity index is 748. The summed E-state index contributed by atoms with van der Waals surface area (Å²) in [5, 5.41) is 64.9. The third kappa shape index (κ3) is 9.05. The Kier molecular flexibility index (Phi) is 13.5. The van der Waals surface area contributed by atoms with Gasteiger partial charge in [-0.15, -0.1) is 0 Å². The van der Waals surface area contributed by atoms with E-state index < -0.39 is 83.9 Å². The lowest BCUT2D eigenvalue weighted by Crippen LogP contribution is -2.60. The number of aliphatic carboxylic acids is 2. The number of primary amides is 2. The van der Waals surface area contributed by atoms with E-state index in [1.807, 2.05) is 0 Å². The number of carbonyl (C=O) groups excluding carboxylic acids is 2. The first kappa shape index (κ1) is 35.0. The fourth-order valence-corrected chi connectivity index (χ4v) is 4.21. The number of carboxylic acid groups (broad SMARTS) is 2. The summed E-state index contributed by atoms with van der Waals surface area (Å²) in [5.41, 5.74) is 3.26. The van der Waals surface area contributed by atoms with Gasteiger partial charge in [-0.05, 0) is 0 Å². The first-order chi connectivity index (χ1) is 16.8. The van der Waals surface area contributed by atoms with Gasteiger partial charge >= 0.3 is 11.9 Å². The van der Waals surface area contributed by atoms with Gasteiger partial charge in [0.25, 0.3) is 0 Å². The number of aliphatic hydroxyl groups is 4. The molecule has 37 heavy (non-hydrogen) atoms. The number of aliphatic hydroxyl groups excluding tert-OH is 2. The second-order valence-corrected chi connectivity index (χ2v) is 11.5. The molecule has 0 heterocycles. The highest BCUT2D eigenvalue weighted by atomic mass is 32.2. The zero-order valence-electron chi connectivity index (χ0n) is 21.7. The SMILES string of the molecule is CC(C)(CO)C(O)(CC(NCCSCCNC(CC(O)(C(N)=O)C(C)(C)CO)C(=O)O)C(=O)O)C(N)=O. The fraction of sp³-hybridized carbons (Fsp3) is 0.818. The van der Waals surface area contributed by atoms with Crippen molar-refractivity contribution in [2.75, 3.05) is 37.8 Å². The fourth-order valence-electron chi connectivity index (χ4n) is 3.48. The molecule has 0 aliphatic heterocycles. The summed E-state index contributed by atoms with van der Waals surface area (Å²) in [6.07, 6.45) is -1.13. The largest absolute Gasteiger partial charge is 0.480 e. The van der Waals surface area contributed by atoms with Crippen molar-refractivity contribution < 1.29 is 49.8 Å². The molecule has 0 radical (unpaired) electrons. The molecule has 0 spiro atoms. The van der Waals surface area contributed by atoms with E-state index in [4.69, 9.17) is 11.5 Å². The van der Waals surface area contributed by atoms with Crippen molar-refractivity contribution in [2.45, 2.75) is 63.8 Å². The second-order valence-electron chi connectivity index (χ2n) is 10.2. The van der Waals surface area contributed by atoms with Crippen LogP contribution < -0.4 is 22.1 Å². The highest BCUT2D eigenvalue weighted by molar-refractivity contribution is 7.99. The second kappa shape index (κ2) is 14.2. The molecule has 0 aromatic carbocycles. The number of hydrogen-bond acceptors (Lipinski definition) is 11. The molecular weight excluding hydrogens is 512 g/mol. The maximum atomic E-state index is 11.9. The number of nitrogens with one attached hydrogen (secondary N) is 2. The number of amides is 2. The van der Waals surface area contributed by atoms with Gasteiger partial charge < -0.3 is 52.7 Å². The summed E-state index contributed by atoms with van der Waals surface area (Å²) in [4.78, 5) is 47.0. The summed E-state index contributed by atoms with van der Waals surface area (Å²) in [6, 6.07) is -2.67. The maximum absolute atomic E-state index is 11.9. The zero-order chi connectivity index (χ0) is 29.2. The van der Waals surface area contributed by atoms with Crippen LogP contribution >= 0.6 is 11.8 Å². The Morgan fingerprint density at radius 3 is 1.24 bits per heavy atom. The third-order valence-corrected chi connectivity index (χ3v) is 7.70. The molecular formula is C22H42N4O10S. The molecule has 0 bridgehead atoms. The minimum Gasteiger partial charge on any atom is -0.480 e. The lowest BCUT2D eigenvalue weighted by molar-refractivity contribution is -0.161. The topological polar surface area (TPSA) is 266 Å². The summed E-state index contributed by atoms with van der Waals surface area (Å²) in [6.45, 7) is 4.66. The quantitative estimate of drug-likeness (QED) is 0.0675. The van der Waals surface area contributed by atoms with Crippen molar-refractivity contribution >= 4 is 35.5 Å². The lowest BCUT2D eigenvalue weighted by atomic mass is 9.71. The molecule has 4 unspecified atom stereocenters. The molecule has 0 saturated carbocycles. The standard InChI is InChI=1S/C22H42N4O10S/c1-19(2,11-27)21(35,17(23)33)9-13(15(29)30)25-5-7-37-8-6-26-14(16(31)32)10-22(36,18(24)34)20(3,4)12-28/h13-14,25-28,35-36H,5-12H2,1-4H3,(H2,23,33)(H2,24,34)(H,29,30)(H,31,32). The van der Waals surface area contributed by atoms with Crippen molar-refractivity contribution in [1.29, 1.82) is 0 Å². The number of nitrogens with two attached hydrogens (primary N) is 2. The predicted octanol–water partition coefficient (Wildman–Crippen LogP) is -2.94. The number of rotatable bonds is 20. The van der Waals surface area contributed by atoms with Gasteiger partial charge in [0.1, 0.15) is 12.1 Å². The zero-order valence-corrected chi connectivity index (χ0v) is 22.5. The number of hydrogen-bond donors (Lipinski definition) is 10. The Balaban J connectivity index is 4.89. The monoisotopic (exact) mass is 554 g/mol. The Hall–Kier alpha value is -2.01. The van der Waals surface area contributed by atoms with Crippen LogP contribution in [0.1, 0.15) is 40.5 Å². The molecule has 0 aliphatic rings. The minimum atomic E-state index is -2.28. The van der Waals surface area contributed by atoms with Crippen LogP contribution in [0.5, 0.6) is 0 Å². The van der Waals surface area contributed by atoms with Gasteiger partial charge in [0, 0.05) is 48.3 Å². The average Bonchev–Trinajstić information content (AvgIpc) is 2.80. The normalized spacial score (nSPS) is 17.3. The van der Waals surface area contributed by atoms with Crippen LogP contribution in [0.3, 0.4) is 0 Å². The van der Waals surface area contributed by atoms with Crippen molar-refractivity contribution in [3.05, 3.63) is 0 Å². The minimum absolute atomic E-state index is 0.157. The van der Waals surface area contributed by atoms with E-state index in [1.165, 1.54) is 39.5 Å². The summed E-state index contributed by atoms with van der Waals surface area (Å²) in [7, 11) is 0. The molecule has 0 aliphatic carbocycles. The number of carboxylic acids is 2. The van der Waals surface area contributed by atoms with Gasteiger partial charge in [0.05, 0.1) is 13.2 Å².